The molecule has 0 aliphatic carbocycles. The molecule has 0 radical (unpaired) electrons. The van der Waals surface area contributed by atoms with Crippen molar-refractivity contribution in [1.82, 2.24) is 4.98 Å². The molecule has 72 valence electrons. The van der Waals surface area contributed by atoms with Gasteiger partial charge in [0.1, 0.15) is 11.6 Å². The van der Waals surface area contributed by atoms with Crippen molar-refractivity contribution in [3.8, 4) is 0 Å². The van der Waals surface area contributed by atoms with Gasteiger partial charge >= 0.3 is 0 Å². The summed E-state index contributed by atoms with van der Waals surface area (Å²) in [6.45, 7) is 1.92. The molecule has 0 N–H and O–H groups in total. The predicted molar refractivity (Wildman–Crippen MR) is 51.0 cm³/mol. The van der Waals surface area contributed by atoms with Crippen molar-refractivity contribution >= 4 is 10.8 Å². The van der Waals surface area contributed by atoms with E-state index in [1.165, 1.54) is 6.20 Å². The predicted octanol–water partition coefficient (Wildman–Crippen LogP) is 3.08. The van der Waals surface area contributed by atoms with Crippen molar-refractivity contribution < 1.29 is 8.78 Å². The zero-order valence-corrected chi connectivity index (χ0v) is 7.72. The Morgan fingerprint density at radius 3 is 2.43 bits per heavy atom. The molecule has 0 bridgehead atoms. The average molecular weight is 193 g/mol. The molecular formula is C11H9F2N. The van der Waals surface area contributed by atoms with Crippen LogP contribution in [0.2, 0.25) is 0 Å². The van der Waals surface area contributed by atoms with E-state index >= 15 is 0 Å². The van der Waals surface area contributed by atoms with E-state index in [-0.39, 0.29) is 5.39 Å². The van der Waals surface area contributed by atoms with Gasteiger partial charge < -0.3 is 0 Å². The first-order chi connectivity index (χ1) is 6.72. The van der Waals surface area contributed by atoms with Crippen LogP contribution >= 0.6 is 0 Å². The van der Waals surface area contributed by atoms with E-state index in [1.807, 2.05) is 6.92 Å². The van der Waals surface area contributed by atoms with Crippen LogP contribution in [0.4, 0.5) is 8.78 Å². The van der Waals surface area contributed by atoms with Gasteiger partial charge in [-0.05, 0) is 24.6 Å². The SMILES string of the molecule is CCc1cc2c(F)ccc(F)c2cn1. The Morgan fingerprint density at radius 2 is 1.79 bits per heavy atom. The molecule has 2 aromatic rings. The summed E-state index contributed by atoms with van der Waals surface area (Å²) in [5.74, 6) is -0.838. The molecule has 0 fully saturated rings. The summed E-state index contributed by atoms with van der Waals surface area (Å²) in [6, 6.07) is 3.84. The Bertz CT molecular complexity index is 480. The lowest BCUT2D eigenvalue weighted by molar-refractivity contribution is 0.617. The third-order valence-electron chi connectivity index (χ3n) is 2.21. The van der Waals surface area contributed by atoms with E-state index in [0.717, 1.165) is 17.8 Å². The Balaban J connectivity index is 2.80. The highest BCUT2D eigenvalue weighted by molar-refractivity contribution is 5.83. The molecule has 0 amide bonds. The lowest BCUT2D eigenvalue weighted by Gasteiger charge is -2.02. The molecule has 0 spiro atoms. The van der Waals surface area contributed by atoms with Crippen LogP contribution in [0, 0.1) is 11.6 Å². The summed E-state index contributed by atoms with van der Waals surface area (Å²) in [4.78, 5) is 4.02. The molecule has 0 saturated carbocycles. The smallest absolute Gasteiger partial charge is 0.132 e. The highest BCUT2D eigenvalue weighted by atomic mass is 19.1. The number of aromatic nitrogens is 1. The zero-order valence-electron chi connectivity index (χ0n) is 7.72. The molecule has 0 atom stereocenters. The van der Waals surface area contributed by atoms with Crippen LogP contribution < -0.4 is 0 Å². The molecule has 14 heavy (non-hydrogen) atoms. The summed E-state index contributed by atoms with van der Waals surface area (Å²) in [5.41, 5.74) is 0.766. The van der Waals surface area contributed by atoms with Gasteiger partial charge in [-0.15, -0.1) is 0 Å². The third kappa shape index (κ3) is 1.35. The second kappa shape index (κ2) is 3.33. The Labute approximate surface area is 80.4 Å². The van der Waals surface area contributed by atoms with E-state index in [2.05, 4.69) is 4.98 Å². The molecule has 0 aliphatic heterocycles. The van der Waals surface area contributed by atoms with Gasteiger partial charge in [0.2, 0.25) is 0 Å². The van der Waals surface area contributed by atoms with Crippen molar-refractivity contribution in [2.45, 2.75) is 13.3 Å². The number of fused-ring (bicyclic) bond motifs is 1. The van der Waals surface area contributed by atoms with Gasteiger partial charge in [0.25, 0.3) is 0 Å². The number of hydrogen-bond acceptors (Lipinski definition) is 1. The number of nitrogens with zero attached hydrogens (tertiary/aromatic N) is 1. The molecular weight excluding hydrogens is 184 g/mol. The Kier molecular flexibility index (Phi) is 2.15. The van der Waals surface area contributed by atoms with Crippen LogP contribution in [-0.2, 0) is 6.42 Å². The third-order valence-corrected chi connectivity index (χ3v) is 2.21. The maximum atomic E-state index is 13.3. The largest absolute Gasteiger partial charge is 0.261 e. The summed E-state index contributed by atoms with van der Waals surface area (Å²) in [5, 5.41) is 0.541. The van der Waals surface area contributed by atoms with Crippen molar-refractivity contribution in [1.29, 1.82) is 0 Å². The molecule has 0 saturated heterocycles. The number of benzene rings is 1. The van der Waals surface area contributed by atoms with Crippen molar-refractivity contribution in [2.24, 2.45) is 0 Å². The fourth-order valence-corrected chi connectivity index (χ4v) is 1.41. The monoisotopic (exact) mass is 193 g/mol. The molecule has 1 aromatic heterocycles. The van der Waals surface area contributed by atoms with Crippen LogP contribution in [0.5, 0.6) is 0 Å². The first-order valence-corrected chi connectivity index (χ1v) is 4.45. The van der Waals surface area contributed by atoms with E-state index in [9.17, 15) is 8.78 Å². The molecule has 1 nitrogen and oxygen atoms in total. The summed E-state index contributed by atoms with van der Waals surface area (Å²) in [7, 11) is 0. The fraction of sp³-hybridized carbons (Fsp3) is 0.182. The molecule has 1 heterocycles. The number of aryl methyl sites for hydroxylation is 1. The first kappa shape index (κ1) is 9.06. The van der Waals surface area contributed by atoms with Crippen molar-refractivity contribution in [2.75, 3.05) is 0 Å². The van der Waals surface area contributed by atoms with Gasteiger partial charge in [-0.1, -0.05) is 6.92 Å². The number of pyridine rings is 1. The number of hydrogen-bond donors (Lipinski definition) is 0. The summed E-state index contributed by atoms with van der Waals surface area (Å²) >= 11 is 0. The fourth-order valence-electron chi connectivity index (χ4n) is 1.41. The first-order valence-electron chi connectivity index (χ1n) is 4.45. The van der Waals surface area contributed by atoms with Crippen molar-refractivity contribution in [3.05, 3.63) is 41.7 Å². The second-order valence-corrected chi connectivity index (χ2v) is 3.10. The highest BCUT2D eigenvalue weighted by Gasteiger charge is 2.06. The second-order valence-electron chi connectivity index (χ2n) is 3.10. The van der Waals surface area contributed by atoms with Gasteiger partial charge in [-0.3, -0.25) is 4.98 Å². The quantitative estimate of drug-likeness (QED) is 0.678. The maximum Gasteiger partial charge on any atom is 0.132 e. The lowest BCUT2D eigenvalue weighted by Crippen LogP contribution is -1.90. The van der Waals surface area contributed by atoms with E-state index in [4.69, 9.17) is 0 Å². The van der Waals surface area contributed by atoms with Gasteiger partial charge in [0, 0.05) is 22.7 Å². The van der Waals surface area contributed by atoms with Gasteiger partial charge in [-0.25, -0.2) is 8.78 Å². The van der Waals surface area contributed by atoms with Gasteiger partial charge in [0.15, 0.2) is 0 Å². The minimum absolute atomic E-state index is 0.238. The van der Waals surface area contributed by atoms with Crippen LogP contribution in [0.15, 0.2) is 24.4 Å². The molecule has 2 rings (SSSR count). The van der Waals surface area contributed by atoms with E-state index < -0.39 is 11.6 Å². The lowest BCUT2D eigenvalue weighted by atomic mass is 10.1. The minimum Gasteiger partial charge on any atom is -0.261 e. The Morgan fingerprint density at radius 1 is 1.14 bits per heavy atom. The average Bonchev–Trinajstić information content (AvgIpc) is 2.23. The normalized spacial score (nSPS) is 10.8. The number of halogens is 2. The summed E-state index contributed by atoms with van der Waals surface area (Å²) in [6.07, 6.45) is 2.10. The Hall–Kier alpha value is -1.51. The van der Waals surface area contributed by atoms with E-state index in [1.54, 1.807) is 6.07 Å². The minimum atomic E-state index is -0.434. The molecule has 3 heteroatoms. The van der Waals surface area contributed by atoms with Gasteiger partial charge in [0.05, 0.1) is 0 Å². The van der Waals surface area contributed by atoms with Crippen LogP contribution in [0.3, 0.4) is 0 Å². The molecule has 0 aliphatic rings. The van der Waals surface area contributed by atoms with Gasteiger partial charge in [-0.2, -0.15) is 0 Å². The zero-order chi connectivity index (χ0) is 10.1. The van der Waals surface area contributed by atoms with E-state index in [0.29, 0.717) is 11.8 Å². The molecule has 0 unspecified atom stereocenters. The topological polar surface area (TPSA) is 12.9 Å². The van der Waals surface area contributed by atoms with Crippen molar-refractivity contribution in [3.63, 3.8) is 0 Å². The summed E-state index contributed by atoms with van der Waals surface area (Å²) < 4.78 is 26.5. The standard InChI is InChI=1S/C11H9F2N/c1-2-7-5-8-9(6-14-7)11(13)4-3-10(8)12/h3-6H,2H2,1H3. The molecule has 1 aromatic carbocycles. The van der Waals surface area contributed by atoms with Crippen LogP contribution in [-0.4, -0.2) is 4.98 Å². The highest BCUT2D eigenvalue weighted by Crippen LogP contribution is 2.20. The maximum absolute atomic E-state index is 13.3. The number of rotatable bonds is 1. The van der Waals surface area contributed by atoms with Crippen LogP contribution in [0.1, 0.15) is 12.6 Å². The van der Waals surface area contributed by atoms with Crippen LogP contribution in [0.25, 0.3) is 10.8 Å².